The van der Waals surface area contributed by atoms with Crippen molar-refractivity contribution in [2.24, 2.45) is 5.10 Å². The number of thioether (sulfide) groups is 1. The van der Waals surface area contributed by atoms with Crippen LogP contribution in [0, 0.1) is 11.6 Å². The first-order chi connectivity index (χ1) is 12.6. The molecule has 0 fully saturated rings. The summed E-state index contributed by atoms with van der Waals surface area (Å²) < 4.78 is 26.8. The summed E-state index contributed by atoms with van der Waals surface area (Å²) in [4.78, 5) is 15.8. The Morgan fingerprint density at radius 3 is 2.62 bits per heavy atom. The fourth-order valence-corrected chi connectivity index (χ4v) is 3.65. The monoisotopic (exact) mass is 372 g/mol. The molecule has 1 atom stereocenters. The van der Waals surface area contributed by atoms with Gasteiger partial charge in [-0.05, 0) is 35.9 Å². The molecule has 0 spiro atoms. The van der Waals surface area contributed by atoms with Crippen molar-refractivity contribution >= 4 is 28.5 Å². The minimum atomic E-state index is -0.673. The molecule has 2 aliphatic rings. The number of nitrogens with zero attached hydrogens (tertiary/aromatic N) is 3. The van der Waals surface area contributed by atoms with E-state index in [1.807, 2.05) is 0 Å². The van der Waals surface area contributed by atoms with Crippen molar-refractivity contribution in [1.29, 1.82) is 0 Å². The van der Waals surface area contributed by atoms with E-state index in [1.54, 1.807) is 35.5 Å². The third-order valence-electron chi connectivity index (χ3n) is 4.05. The number of halogens is 2. The SMILES string of the molecule is O=C1C2NN=C(SCc3ccccc3F)N2C=CN1c1ccc(F)cc1. The minimum absolute atomic E-state index is 0.232. The molecule has 26 heavy (non-hydrogen) atoms. The molecule has 0 aliphatic carbocycles. The highest BCUT2D eigenvalue weighted by molar-refractivity contribution is 8.13. The lowest BCUT2D eigenvalue weighted by molar-refractivity contribution is -0.122. The quantitative estimate of drug-likeness (QED) is 0.899. The van der Waals surface area contributed by atoms with Gasteiger partial charge >= 0.3 is 0 Å². The number of amidine groups is 1. The highest BCUT2D eigenvalue weighted by Crippen LogP contribution is 2.27. The van der Waals surface area contributed by atoms with Crippen molar-refractivity contribution in [3.8, 4) is 0 Å². The Labute approximate surface area is 153 Å². The second kappa shape index (κ2) is 6.80. The van der Waals surface area contributed by atoms with Gasteiger partial charge in [-0.15, -0.1) is 0 Å². The summed E-state index contributed by atoms with van der Waals surface area (Å²) in [6.45, 7) is 0. The van der Waals surface area contributed by atoms with Crippen LogP contribution in [-0.4, -0.2) is 22.1 Å². The number of nitrogens with one attached hydrogen (secondary N) is 1. The summed E-state index contributed by atoms with van der Waals surface area (Å²) in [6.07, 6.45) is 2.66. The molecular weight excluding hydrogens is 358 g/mol. The molecule has 132 valence electrons. The number of anilines is 1. The van der Waals surface area contributed by atoms with Crippen LogP contribution in [0.15, 0.2) is 66.0 Å². The molecule has 8 heteroatoms. The maximum absolute atomic E-state index is 13.7. The number of carbonyl (C=O) groups excluding carboxylic acids is 1. The van der Waals surface area contributed by atoms with Gasteiger partial charge < -0.3 is 0 Å². The van der Waals surface area contributed by atoms with Gasteiger partial charge in [0.05, 0.1) is 0 Å². The molecule has 0 radical (unpaired) electrons. The lowest BCUT2D eigenvalue weighted by Crippen LogP contribution is -2.52. The first-order valence-electron chi connectivity index (χ1n) is 7.88. The van der Waals surface area contributed by atoms with Crippen molar-refractivity contribution in [2.45, 2.75) is 11.9 Å². The van der Waals surface area contributed by atoms with Gasteiger partial charge in [-0.2, -0.15) is 5.10 Å². The molecule has 0 bridgehead atoms. The standard InChI is InChI=1S/C18H14F2N4OS/c19-13-5-7-14(8-6-13)23-9-10-24-16(17(23)25)21-22-18(24)26-11-12-3-1-2-4-15(12)20/h1-10,16,21H,11H2. The normalized spacial score (nSPS) is 18.6. The number of rotatable bonds is 3. The van der Waals surface area contributed by atoms with E-state index in [-0.39, 0.29) is 17.5 Å². The maximum atomic E-state index is 13.7. The molecular formula is C18H14F2N4OS. The van der Waals surface area contributed by atoms with Crippen LogP contribution in [0.4, 0.5) is 14.5 Å². The molecule has 1 amide bonds. The second-order valence-corrected chi connectivity index (χ2v) is 6.64. The zero-order chi connectivity index (χ0) is 18.1. The molecule has 4 rings (SSSR count). The van der Waals surface area contributed by atoms with Crippen molar-refractivity contribution in [3.05, 3.63) is 78.1 Å². The van der Waals surface area contributed by atoms with Gasteiger partial charge in [-0.25, -0.2) is 8.78 Å². The third-order valence-corrected chi connectivity index (χ3v) is 5.06. The predicted molar refractivity (Wildman–Crippen MR) is 96.9 cm³/mol. The van der Waals surface area contributed by atoms with E-state index in [2.05, 4.69) is 10.5 Å². The van der Waals surface area contributed by atoms with Crippen molar-refractivity contribution in [1.82, 2.24) is 10.3 Å². The zero-order valence-electron chi connectivity index (χ0n) is 13.5. The molecule has 2 aliphatic heterocycles. The molecule has 2 aromatic carbocycles. The van der Waals surface area contributed by atoms with Crippen LogP contribution in [-0.2, 0) is 10.5 Å². The Morgan fingerprint density at radius 2 is 1.85 bits per heavy atom. The molecule has 2 heterocycles. The van der Waals surface area contributed by atoms with Gasteiger partial charge in [0.1, 0.15) is 11.6 Å². The zero-order valence-corrected chi connectivity index (χ0v) is 14.3. The first kappa shape index (κ1) is 16.6. The molecule has 2 aromatic rings. The second-order valence-electron chi connectivity index (χ2n) is 5.70. The van der Waals surface area contributed by atoms with E-state index in [9.17, 15) is 13.6 Å². The summed E-state index contributed by atoms with van der Waals surface area (Å²) in [6, 6.07) is 12.2. The largest absolute Gasteiger partial charge is 0.294 e. The molecule has 0 saturated heterocycles. The number of benzene rings is 2. The van der Waals surface area contributed by atoms with Crippen LogP contribution in [0.3, 0.4) is 0 Å². The fourth-order valence-electron chi connectivity index (χ4n) is 2.69. The van der Waals surface area contributed by atoms with Crippen molar-refractivity contribution in [2.75, 3.05) is 4.90 Å². The van der Waals surface area contributed by atoms with E-state index >= 15 is 0 Å². The van der Waals surface area contributed by atoms with E-state index in [4.69, 9.17) is 0 Å². The van der Waals surface area contributed by atoms with Crippen LogP contribution < -0.4 is 10.3 Å². The van der Waals surface area contributed by atoms with Crippen LogP contribution in [0.25, 0.3) is 0 Å². The van der Waals surface area contributed by atoms with E-state index in [0.29, 0.717) is 22.2 Å². The van der Waals surface area contributed by atoms with Crippen molar-refractivity contribution in [3.63, 3.8) is 0 Å². The van der Waals surface area contributed by atoms with E-state index in [0.717, 1.165) is 0 Å². The van der Waals surface area contributed by atoms with Gasteiger partial charge in [0.15, 0.2) is 5.17 Å². The predicted octanol–water partition coefficient (Wildman–Crippen LogP) is 3.22. The number of amides is 1. The number of carbonyl (C=O) groups is 1. The average Bonchev–Trinajstić information content (AvgIpc) is 3.06. The van der Waals surface area contributed by atoms with Crippen LogP contribution in [0.2, 0.25) is 0 Å². The average molecular weight is 372 g/mol. The highest BCUT2D eigenvalue weighted by atomic mass is 32.2. The lowest BCUT2D eigenvalue weighted by atomic mass is 10.2. The maximum Gasteiger partial charge on any atom is 0.276 e. The fraction of sp³-hybridized carbons (Fsp3) is 0.111. The summed E-state index contributed by atoms with van der Waals surface area (Å²) >= 11 is 1.34. The molecule has 0 aromatic heterocycles. The minimum Gasteiger partial charge on any atom is -0.294 e. The van der Waals surface area contributed by atoms with Gasteiger partial charge in [0.25, 0.3) is 5.91 Å². The molecule has 5 nitrogen and oxygen atoms in total. The van der Waals surface area contributed by atoms with Gasteiger partial charge in [-0.3, -0.25) is 20.0 Å². The molecule has 1 N–H and O–H groups in total. The topological polar surface area (TPSA) is 47.9 Å². The van der Waals surface area contributed by atoms with Crippen LogP contribution in [0.1, 0.15) is 5.56 Å². The number of hydrogen-bond acceptors (Lipinski definition) is 5. The summed E-state index contributed by atoms with van der Waals surface area (Å²) in [7, 11) is 0. The summed E-state index contributed by atoms with van der Waals surface area (Å²) in [5.74, 6) is -0.460. The van der Waals surface area contributed by atoms with E-state index < -0.39 is 6.17 Å². The Hall–Kier alpha value is -2.87. The number of hydrogen-bond donors (Lipinski definition) is 1. The smallest absolute Gasteiger partial charge is 0.276 e. The molecule has 0 saturated carbocycles. The van der Waals surface area contributed by atoms with Crippen LogP contribution >= 0.6 is 11.8 Å². The van der Waals surface area contributed by atoms with Gasteiger partial charge in [0, 0.05) is 23.8 Å². The Morgan fingerprint density at radius 1 is 1.08 bits per heavy atom. The Kier molecular flexibility index (Phi) is 4.34. The lowest BCUT2D eigenvalue weighted by Gasteiger charge is -2.31. The first-order valence-corrected chi connectivity index (χ1v) is 8.87. The molecule has 1 unspecified atom stereocenters. The van der Waals surface area contributed by atoms with Gasteiger partial charge in [-0.1, -0.05) is 30.0 Å². The summed E-state index contributed by atoms with van der Waals surface area (Å²) in [5, 5.41) is 4.78. The highest BCUT2D eigenvalue weighted by Gasteiger charge is 2.38. The van der Waals surface area contributed by atoms with Crippen LogP contribution in [0.5, 0.6) is 0 Å². The number of hydrazone groups is 1. The Bertz CT molecular complexity index is 900. The van der Waals surface area contributed by atoms with E-state index in [1.165, 1.54) is 47.0 Å². The third kappa shape index (κ3) is 3.03. The number of fused-ring (bicyclic) bond motifs is 1. The summed E-state index contributed by atoms with van der Waals surface area (Å²) in [5.41, 5.74) is 3.95. The van der Waals surface area contributed by atoms with Crippen molar-refractivity contribution < 1.29 is 13.6 Å². The van der Waals surface area contributed by atoms with Gasteiger partial charge in [0.2, 0.25) is 6.17 Å². The Balaban J connectivity index is 1.48.